The maximum atomic E-state index is 12.3. The standard InChI is InChI=1S/C13H21BrN2O2S/c1-8(2)16-6-10(14)5-11(16)13(18)15-9(3)12(7-17)19-4/h5-6,8-9,12,17H,7H2,1-4H3,(H,15,18). The number of thioether (sulfide) groups is 1. The van der Waals surface area contributed by atoms with Gasteiger partial charge in [-0.1, -0.05) is 0 Å². The minimum Gasteiger partial charge on any atom is -0.395 e. The first kappa shape index (κ1) is 16.6. The molecule has 1 amide bonds. The number of rotatable bonds is 6. The summed E-state index contributed by atoms with van der Waals surface area (Å²) in [7, 11) is 0. The van der Waals surface area contributed by atoms with Crippen molar-refractivity contribution in [2.45, 2.75) is 38.1 Å². The predicted molar refractivity (Wildman–Crippen MR) is 83.8 cm³/mol. The van der Waals surface area contributed by atoms with Crippen LogP contribution in [-0.2, 0) is 0 Å². The van der Waals surface area contributed by atoms with Crippen molar-refractivity contribution in [3.63, 3.8) is 0 Å². The molecule has 0 spiro atoms. The van der Waals surface area contributed by atoms with Crippen LogP contribution >= 0.6 is 27.7 Å². The average Bonchev–Trinajstić information content (AvgIpc) is 2.73. The molecule has 0 aliphatic carbocycles. The first-order valence-electron chi connectivity index (χ1n) is 6.22. The van der Waals surface area contributed by atoms with Crippen molar-refractivity contribution in [3.05, 3.63) is 22.4 Å². The number of hydrogen-bond acceptors (Lipinski definition) is 3. The van der Waals surface area contributed by atoms with Gasteiger partial charge in [0.25, 0.3) is 5.91 Å². The average molecular weight is 349 g/mol. The van der Waals surface area contributed by atoms with E-state index in [0.717, 1.165) is 4.47 Å². The monoisotopic (exact) mass is 348 g/mol. The van der Waals surface area contributed by atoms with E-state index in [-0.39, 0.29) is 29.8 Å². The fourth-order valence-corrected chi connectivity index (χ4v) is 2.93. The molecule has 0 saturated heterocycles. The third-order valence-electron chi connectivity index (χ3n) is 3.00. The van der Waals surface area contributed by atoms with E-state index in [4.69, 9.17) is 0 Å². The lowest BCUT2D eigenvalue weighted by atomic mass is 10.2. The Balaban J connectivity index is 2.83. The van der Waals surface area contributed by atoms with Crippen LogP contribution in [0.3, 0.4) is 0 Å². The molecule has 0 aliphatic rings. The number of aliphatic hydroxyl groups is 1. The number of aliphatic hydroxyl groups excluding tert-OH is 1. The molecular formula is C13H21BrN2O2S. The Morgan fingerprint density at radius 3 is 2.63 bits per heavy atom. The normalized spacial score (nSPS) is 14.5. The molecule has 4 nitrogen and oxygen atoms in total. The van der Waals surface area contributed by atoms with Crippen LogP contribution in [0, 0.1) is 0 Å². The number of aromatic nitrogens is 1. The summed E-state index contributed by atoms with van der Waals surface area (Å²) < 4.78 is 2.82. The van der Waals surface area contributed by atoms with E-state index in [9.17, 15) is 9.90 Å². The van der Waals surface area contributed by atoms with Gasteiger partial charge in [0.1, 0.15) is 5.69 Å². The maximum absolute atomic E-state index is 12.3. The number of hydrogen-bond donors (Lipinski definition) is 2. The molecule has 108 valence electrons. The van der Waals surface area contributed by atoms with Crippen LogP contribution in [0.1, 0.15) is 37.3 Å². The Morgan fingerprint density at radius 2 is 2.16 bits per heavy atom. The Morgan fingerprint density at radius 1 is 1.53 bits per heavy atom. The summed E-state index contributed by atoms with van der Waals surface area (Å²) in [4.78, 5) is 12.3. The summed E-state index contributed by atoms with van der Waals surface area (Å²) >= 11 is 4.95. The zero-order valence-corrected chi connectivity index (χ0v) is 14.1. The van der Waals surface area contributed by atoms with Crippen LogP contribution in [0.4, 0.5) is 0 Å². The summed E-state index contributed by atoms with van der Waals surface area (Å²) in [6.45, 7) is 6.03. The summed E-state index contributed by atoms with van der Waals surface area (Å²) in [5.74, 6) is -0.112. The fourth-order valence-electron chi connectivity index (χ4n) is 1.87. The van der Waals surface area contributed by atoms with Crippen molar-refractivity contribution in [2.75, 3.05) is 12.9 Å². The molecule has 0 aliphatic heterocycles. The van der Waals surface area contributed by atoms with Gasteiger partial charge in [0.15, 0.2) is 0 Å². The topological polar surface area (TPSA) is 54.3 Å². The Labute approximate surface area is 127 Å². The summed E-state index contributed by atoms with van der Waals surface area (Å²) in [5, 5.41) is 12.2. The largest absolute Gasteiger partial charge is 0.395 e. The minimum absolute atomic E-state index is 0.00912. The molecule has 0 aromatic carbocycles. The second-order valence-corrected chi connectivity index (χ2v) is 6.76. The quantitative estimate of drug-likeness (QED) is 0.830. The van der Waals surface area contributed by atoms with Gasteiger partial charge in [-0.25, -0.2) is 0 Å². The maximum Gasteiger partial charge on any atom is 0.268 e. The molecule has 2 unspecified atom stereocenters. The Kier molecular flexibility index (Phi) is 6.42. The van der Waals surface area contributed by atoms with E-state index in [1.54, 1.807) is 11.8 Å². The predicted octanol–water partition coefficient (Wildman–Crippen LogP) is 2.67. The van der Waals surface area contributed by atoms with Crippen LogP contribution in [0.25, 0.3) is 0 Å². The SMILES string of the molecule is CSC(CO)C(C)NC(=O)c1cc(Br)cn1C(C)C. The second-order valence-electron chi connectivity index (χ2n) is 4.76. The van der Waals surface area contributed by atoms with Crippen molar-refractivity contribution in [2.24, 2.45) is 0 Å². The molecule has 1 aromatic heterocycles. The van der Waals surface area contributed by atoms with Crippen molar-refractivity contribution in [1.82, 2.24) is 9.88 Å². The smallest absolute Gasteiger partial charge is 0.268 e. The van der Waals surface area contributed by atoms with Gasteiger partial charge in [-0.3, -0.25) is 4.79 Å². The molecule has 0 bridgehead atoms. The third kappa shape index (κ3) is 4.26. The van der Waals surface area contributed by atoms with Crippen molar-refractivity contribution < 1.29 is 9.90 Å². The van der Waals surface area contributed by atoms with E-state index in [1.165, 1.54) is 0 Å². The molecule has 1 heterocycles. The molecule has 1 rings (SSSR count). The molecular weight excluding hydrogens is 328 g/mol. The molecule has 0 radical (unpaired) electrons. The summed E-state index contributed by atoms with van der Waals surface area (Å²) in [6.07, 6.45) is 3.83. The lowest BCUT2D eigenvalue weighted by Gasteiger charge is -2.22. The Bertz CT molecular complexity index is 430. The van der Waals surface area contributed by atoms with Gasteiger partial charge in [-0.05, 0) is 49.0 Å². The van der Waals surface area contributed by atoms with Crippen LogP contribution in [0.2, 0.25) is 0 Å². The molecule has 0 saturated carbocycles. The lowest BCUT2D eigenvalue weighted by Crippen LogP contribution is -2.41. The van der Waals surface area contributed by atoms with Gasteiger partial charge in [-0.15, -0.1) is 0 Å². The molecule has 2 N–H and O–H groups in total. The van der Waals surface area contributed by atoms with E-state index in [0.29, 0.717) is 5.69 Å². The fraction of sp³-hybridized carbons (Fsp3) is 0.615. The Hall–Kier alpha value is -0.460. The minimum atomic E-state index is -0.112. The van der Waals surface area contributed by atoms with Crippen LogP contribution in [-0.4, -0.2) is 39.7 Å². The number of carbonyl (C=O) groups is 1. The first-order valence-corrected chi connectivity index (χ1v) is 8.30. The summed E-state index contributed by atoms with van der Waals surface area (Å²) in [6, 6.07) is 1.95. The molecule has 2 atom stereocenters. The van der Waals surface area contributed by atoms with Crippen LogP contribution in [0.15, 0.2) is 16.7 Å². The number of nitrogens with zero attached hydrogens (tertiary/aromatic N) is 1. The summed E-state index contributed by atoms with van der Waals surface area (Å²) in [5.41, 5.74) is 0.631. The van der Waals surface area contributed by atoms with Crippen molar-refractivity contribution in [3.8, 4) is 0 Å². The number of carbonyl (C=O) groups excluding carboxylic acids is 1. The zero-order chi connectivity index (χ0) is 14.6. The van der Waals surface area contributed by atoms with Gasteiger partial charge in [0.2, 0.25) is 0 Å². The second kappa shape index (κ2) is 7.36. The highest BCUT2D eigenvalue weighted by atomic mass is 79.9. The van der Waals surface area contributed by atoms with Gasteiger partial charge >= 0.3 is 0 Å². The van der Waals surface area contributed by atoms with Gasteiger partial charge in [0, 0.05) is 28.0 Å². The number of amides is 1. The highest BCUT2D eigenvalue weighted by molar-refractivity contribution is 9.10. The number of halogens is 1. The lowest BCUT2D eigenvalue weighted by molar-refractivity contribution is 0.0925. The first-order chi connectivity index (χ1) is 8.90. The van der Waals surface area contributed by atoms with Gasteiger partial charge in [0.05, 0.1) is 6.61 Å². The van der Waals surface area contributed by atoms with Crippen LogP contribution in [0.5, 0.6) is 0 Å². The van der Waals surface area contributed by atoms with E-state index in [2.05, 4.69) is 21.2 Å². The van der Waals surface area contributed by atoms with E-state index in [1.807, 2.05) is 43.9 Å². The van der Waals surface area contributed by atoms with Gasteiger partial charge < -0.3 is 15.0 Å². The molecule has 1 aromatic rings. The highest BCUT2D eigenvalue weighted by Crippen LogP contribution is 2.20. The van der Waals surface area contributed by atoms with E-state index < -0.39 is 0 Å². The zero-order valence-electron chi connectivity index (χ0n) is 11.7. The van der Waals surface area contributed by atoms with Crippen molar-refractivity contribution in [1.29, 1.82) is 0 Å². The van der Waals surface area contributed by atoms with Crippen molar-refractivity contribution >= 4 is 33.6 Å². The molecule has 0 fully saturated rings. The molecule has 19 heavy (non-hydrogen) atoms. The van der Waals surface area contributed by atoms with Crippen LogP contribution < -0.4 is 5.32 Å². The van der Waals surface area contributed by atoms with Gasteiger partial charge in [-0.2, -0.15) is 11.8 Å². The highest BCUT2D eigenvalue weighted by Gasteiger charge is 2.21. The van der Waals surface area contributed by atoms with E-state index >= 15 is 0 Å². The number of nitrogens with one attached hydrogen (secondary N) is 1. The molecule has 6 heteroatoms. The third-order valence-corrected chi connectivity index (χ3v) is 4.60.